The number of amides is 1. The molecule has 3 N–H and O–H groups in total. The van der Waals surface area contributed by atoms with Gasteiger partial charge >= 0.3 is 0 Å². The monoisotopic (exact) mass is 336 g/mol. The molecule has 0 fully saturated rings. The quantitative estimate of drug-likeness (QED) is 0.682. The van der Waals surface area contributed by atoms with Gasteiger partial charge in [-0.25, -0.2) is 0 Å². The molecule has 0 spiro atoms. The highest BCUT2D eigenvalue weighted by atomic mass is 16.3. The standard InChI is InChI=1S/C16H24N2O3.C3H8/c1-4-13(19)10-17-16(21)15(18-11(2)3)9-12-5-7-14(20)8-6-12;1-3-2/h5-8,11,15,18,20H,4,9-10H2,1-3H3,(H,17,21);3H2,1-2H3. The van der Waals surface area contributed by atoms with Gasteiger partial charge in [0.1, 0.15) is 5.75 Å². The maximum absolute atomic E-state index is 12.2. The van der Waals surface area contributed by atoms with Crippen LogP contribution in [0.15, 0.2) is 24.3 Å². The van der Waals surface area contributed by atoms with Gasteiger partial charge in [0.2, 0.25) is 5.91 Å². The van der Waals surface area contributed by atoms with E-state index in [9.17, 15) is 14.7 Å². The lowest BCUT2D eigenvalue weighted by Crippen LogP contribution is -2.49. The van der Waals surface area contributed by atoms with Crippen LogP contribution in [0.1, 0.15) is 53.0 Å². The molecule has 0 saturated carbocycles. The third-order valence-electron chi connectivity index (χ3n) is 3.08. The van der Waals surface area contributed by atoms with Crippen molar-refractivity contribution >= 4 is 11.7 Å². The summed E-state index contributed by atoms with van der Waals surface area (Å²) >= 11 is 0. The molecule has 136 valence electrons. The van der Waals surface area contributed by atoms with Crippen LogP contribution < -0.4 is 10.6 Å². The van der Waals surface area contributed by atoms with E-state index in [0.29, 0.717) is 12.8 Å². The zero-order chi connectivity index (χ0) is 18.5. The van der Waals surface area contributed by atoms with Crippen molar-refractivity contribution in [2.45, 2.75) is 66.0 Å². The molecule has 0 radical (unpaired) electrons. The molecule has 1 amide bonds. The van der Waals surface area contributed by atoms with Crippen LogP contribution in [-0.4, -0.2) is 35.4 Å². The topological polar surface area (TPSA) is 78.4 Å². The molecule has 1 unspecified atom stereocenters. The number of hydrogen-bond donors (Lipinski definition) is 3. The molecule has 0 bridgehead atoms. The molecule has 1 atom stereocenters. The highest BCUT2D eigenvalue weighted by Gasteiger charge is 2.19. The summed E-state index contributed by atoms with van der Waals surface area (Å²) in [5.41, 5.74) is 0.947. The smallest absolute Gasteiger partial charge is 0.237 e. The number of ketones is 1. The lowest BCUT2D eigenvalue weighted by Gasteiger charge is -2.20. The fourth-order valence-corrected chi connectivity index (χ4v) is 1.93. The van der Waals surface area contributed by atoms with E-state index in [4.69, 9.17) is 0 Å². The number of hydrogen-bond acceptors (Lipinski definition) is 4. The minimum absolute atomic E-state index is 0.0104. The van der Waals surface area contributed by atoms with Gasteiger partial charge in [0.25, 0.3) is 0 Å². The predicted octanol–water partition coefficient (Wildman–Crippen LogP) is 2.81. The number of carbonyl (C=O) groups excluding carboxylic acids is 2. The summed E-state index contributed by atoms with van der Waals surface area (Å²) in [5.74, 6) is 0.0277. The largest absolute Gasteiger partial charge is 0.508 e. The molecule has 1 rings (SSSR count). The lowest BCUT2D eigenvalue weighted by molar-refractivity contribution is -0.126. The summed E-state index contributed by atoms with van der Waals surface area (Å²) in [4.78, 5) is 23.5. The Morgan fingerprint density at radius 3 is 2.08 bits per heavy atom. The second-order valence-corrected chi connectivity index (χ2v) is 6.06. The van der Waals surface area contributed by atoms with Gasteiger partial charge in [-0.2, -0.15) is 0 Å². The normalized spacial score (nSPS) is 11.4. The average molecular weight is 336 g/mol. The second kappa shape index (κ2) is 12.5. The molecule has 0 aliphatic carbocycles. The van der Waals surface area contributed by atoms with Crippen LogP contribution in [0.5, 0.6) is 5.75 Å². The van der Waals surface area contributed by atoms with Crippen LogP contribution >= 0.6 is 0 Å². The molecule has 5 heteroatoms. The summed E-state index contributed by atoms with van der Waals surface area (Å²) in [7, 11) is 0. The van der Waals surface area contributed by atoms with Gasteiger partial charge in [0.15, 0.2) is 5.78 Å². The Morgan fingerprint density at radius 1 is 1.08 bits per heavy atom. The number of aromatic hydroxyl groups is 1. The summed E-state index contributed by atoms with van der Waals surface area (Å²) < 4.78 is 0. The molecule has 1 aromatic carbocycles. The molecule has 1 aromatic rings. The Labute approximate surface area is 145 Å². The fourth-order valence-electron chi connectivity index (χ4n) is 1.93. The number of Topliss-reactive ketones (excluding diaryl/α,β-unsaturated/α-hetero) is 1. The minimum atomic E-state index is -0.404. The molecule has 0 heterocycles. The van der Waals surface area contributed by atoms with E-state index in [1.807, 2.05) is 13.8 Å². The summed E-state index contributed by atoms with van der Waals surface area (Å²) in [5, 5.41) is 15.2. The Kier molecular flexibility index (Phi) is 11.5. The van der Waals surface area contributed by atoms with Gasteiger partial charge in [-0.3, -0.25) is 9.59 Å². The van der Waals surface area contributed by atoms with Crippen LogP contribution in [0.3, 0.4) is 0 Å². The first-order valence-corrected chi connectivity index (χ1v) is 8.67. The lowest BCUT2D eigenvalue weighted by atomic mass is 10.0. The van der Waals surface area contributed by atoms with Crippen molar-refractivity contribution in [2.75, 3.05) is 6.54 Å². The van der Waals surface area contributed by atoms with Crippen LogP contribution in [0.25, 0.3) is 0 Å². The third kappa shape index (κ3) is 10.0. The van der Waals surface area contributed by atoms with Gasteiger partial charge in [-0.15, -0.1) is 0 Å². The molecule has 0 aliphatic heterocycles. The van der Waals surface area contributed by atoms with Gasteiger partial charge in [0.05, 0.1) is 12.6 Å². The SMILES string of the molecule is CCC.CCC(=O)CNC(=O)C(Cc1ccc(O)cc1)NC(C)C. The Balaban J connectivity index is 0.00000163. The van der Waals surface area contributed by atoms with E-state index in [1.54, 1.807) is 31.2 Å². The third-order valence-corrected chi connectivity index (χ3v) is 3.08. The Hall–Kier alpha value is -1.88. The number of carbonyl (C=O) groups is 2. The molecule has 24 heavy (non-hydrogen) atoms. The van der Waals surface area contributed by atoms with Crippen molar-refractivity contribution in [3.63, 3.8) is 0 Å². The average Bonchev–Trinajstić information content (AvgIpc) is 2.54. The van der Waals surface area contributed by atoms with Crippen LogP contribution in [0, 0.1) is 0 Å². The van der Waals surface area contributed by atoms with E-state index in [2.05, 4.69) is 24.5 Å². The maximum Gasteiger partial charge on any atom is 0.237 e. The highest BCUT2D eigenvalue weighted by Crippen LogP contribution is 2.11. The molecular weight excluding hydrogens is 304 g/mol. The molecule has 0 saturated heterocycles. The zero-order valence-corrected chi connectivity index (χ0v) is 15.6. The van der Waals surface area contributed by atoms with Crippen LogP contribution in [-0.2, 0) is 16.0 Å². The van der Waals surface area contributed by atoms with Gasteiger partial charge in [0, 0.05) is 12.5 Å². The fraction of sp³-hybridized carbons (Fsp3) is 0.579. The van der Waals surface area contributed by atoms with Crippen LogP contribution in [0.2, 0.25) is 0 Å². The van der Waals surface area contributed by atoms with Crippen molar-refractivity contribution < 1.29 is 14.7 Å². The molecule has 0 aromatic heterocycles. The number of rotatable bonds is 8. The van der Waals surface area contributed by atoms with E-state index in [-0.39, 0.29) is 30.0 Å². The van der Waals surface area contributed by atoms with E-state index >= 15 is 0 Å². The first-order chi connectivity index (χ1) is 11.3. The van der Waals surface area contributed by atoms with Crippen molar-refractivity contribution in [3.8, 4) is 5.75 Å². The number of nitrogens with one attached hydrogen (secondary N) is 2. The minimum Gasteiger partial charge on any atom is -0.508 e. The maximum atomic E-state index is 12.2. The summed E-state index contributed by atoms with van der Waals surface area (Å²) in [6.07, 6.45) is 2.17. The van der Waals surface area contributed by atoms with E-state index in [0.717, 1.165) is 5.56 Å². The number of phenols is 1. The predicted molar refractivity (Wildman–Crippen MR) is 98.1 cm³/mol. The highest BCUT2D eigenvalue weighted by molar-refractivity contribution is 5.88. The summed E-state index contributed by atoms with van der Waals surface area (Å²) in [6.45, 7) is 10.0. The first-order valence-electron chi connectivity index (χ1n) is 8.67. The number of benzene rings is 1. The van der Waals surface area contributed by atoms with E-state index in [1.165, 1.54) is 6.42 Å². The van der Waals surface area contributed by atoms with Crippen molar-refractivity contribution in [1.29, 1.82) is 0 Å². The molecule has 5 nitrogen and oxygen atoms in total. The Morgan fingerprint density at radius 2 is 1.62 bits per heavy atom. The molecule has 0 aliphatic rings. The number of phenolic OH excluding ortho intramolecular Hbond substituents is 1. The second-order valence-electron chi connectivity index (χ2n) is 6.06. The van der Waals surface area contributed by atoms with Crippen molar-refractivity contribution in [1.82, 2.24) is 10.6 Å². The molecular formula is C19H32N2O3. The van der Waals surface area contributed by atoms with E-state index < -0.39 is 6.04 Å². The van der Waals surface area contributed by atoms with Crippen molar-refractivity contribution in [2.24, 2.45) is 0 Å². The van der Waals surface area contributed by atoms with Gasteiger partial charge < -0.3 is 15.7 Å². The van der Waals surface area contributed by atoms with Gasteiger partial charge in [-0.05, 0) is 24.1 Å². The van der Waals surface area contributed by atoms with Gasteiger partial charge in [-0.1, -0.05) is 53.2 Å². The zero-order valence-electron chi connectivity index (χ0n) is 15.6. The summed E-state index contributed by atoms with van der Waals surface area (Å²) in [6, 6.07) is 6.52. The Bertz CT molecular complexity index is 484. The van der Waals surface area contributed by atoms with Crippen molar-refractivity contribution in [3.05, 3.63) is 29.8 Å². The van der Waals surface area contributed by atoms with Crippen LogP contribution in [0.4, 0.5) is 0 Å². The first kappa shape index (κ1) is 22.1.